The number of hydrogen-bond donors (Lipinski definition) is 0. The number of allylic oxidation sites excluding steroid dienone is 1. The number of unbranched alkanes of at least 4 members (excludes halogenated alkanes) is 3. The average molecular weight is 170 g/mol. The van der Waals surface area contributed by atoms with Crippen LogP contribution in [0.3, 0.4) is 0 Å². The molecule has 0 aromatic heterocycles. The molecule has 1 rings (SSSR count). The fraction of sp³-hybridized carbons (Fsp3) is 0.800. The van der Waals surface area contributed by atoms with E-state index in [1.807, 2.05) is 11.8 Å². The summed E-state index contributed by atoms with van der Waals surface area (Å²) in [6.45, 7) is 2.27. The van der Waals surface area contributed by atoms with E-state index in [1.54, 1.807) is 5.57 Å². The van der Waals surface area contributed by atoms with E-state index in [1.165, 1.54) is 44.3 Å². The Morgan fingerprint density at radius 1 is 1.36 bits per heavy atom. The van der Waals surface area contributed by atoms with Crippen molar-refractivity contribution in [2.24, 2.45) is 0 Å². The molecule has 0 atom stereocenters. The van der Waals surface area contributed by atoms with Crippen molar-refractivity contribution in [3.8, 4) is 0 Å². The van der Waals surface area contributed by atoms with Gasteiger partial charge in [-0.2, -0.15) is 0 Å². The van der Waals surface area contributed by atoms with Crippen LogP contribution < -0.4 is 0 Å². The van der Waals surface area contributed by atoms with Crippen molar-refractivity contribution in [2.75, 3.05) is 5.75 Å². The minimum absolute atomic E-state index is 1.34. The second-order valence-electron chi connectivity index (χ2n) is 3.21. The zero-order chi connectivity index (χ0) is 7.94. The van der Waals surface area contributed by atoms with Crippen molar-refractivity contribution in [2.45, 2.75) is 45.4 Å². The van der Waals surface area contributed by atoms with Crippen molar-refractivity contribution in [3.05, 3.63) is 11.0 Å². The van der Waals surface area contributed by atoms with Crippen molar-refractivity contribution in [1.29, 1.82) is 0 Å². The molecule has 1 aliphatic rings. The van der Waals surface area contributed by atoms with E-state index < -0.39 is 0 Å². The molecule has 0 unspecified atom stereocenters. The Kier molecular flexibility index (Phi) is 4.76. The summed E-state index contributed by atoms with van der Waals surface area (Å²) in [5.41, 5.74) is 1.70. The molecule has 0 bridgehead atoms. The van der Waals surface area contributed by atoms with Gasteiger partial charge < -0.3 is 0 Å². The first-order chi connectivity index (χ1) is 5.43. The molecule has 1 heteroatoms. The molecule has 0 spiro atoms. The van der Waals surface area contributed by atoms with Gasteiger partial charge in [-0.3, -0.25) is 0 Å². The van der Waals surface area contributed by atoms with Gasteiger partial charge in [0, 0.05) is 5.75 Å². The molecule has 0 aromatic rings. The lowest BCUT2D eigenvalue weighted by atomic mass is 10.1. The van der Waals surface area contributed by atoms with Gasteiger partial charge in [-0.25, -0.2) is 0 Å². The molecule has 0 fully saturated rings. The first kappa shape index (κ1) is 9.18. The van der Waals surface area contributed by atoms with Gasteiger partial charge in [-0.15, -0.1) is 11.8 Å². The maximum Gasteiger partial charge on any atom is 0.00116 e. The van der Waals surface area contributed by atoms with Crippen molar-refractivity contribution < 1.29 is 0 Å². The van der Waals surface area contributed by atoms with Crippen LogP contribution in [0.25, 0.3) is 0 Å². The lowest BCUT2D eigenvalue weighted by Crippen LogP contribution is -1.81. The Hall–Kier alpha value is 0.0900. The summed E-state index contributed by atoms with van der Waals surface area (Å²) in [4.78, 5) is 0. The van der Waals surface area contributed by atoms with Gasteiger partial charge >= 0.3 is 0 Å². The first-order valence-corrected chi connectivity index (χ1v) is 5.78. The fourth-order valence-corrected chi connectivity index (χ4v) is 2.36. The van der Waals surface area contributed by atoms with Gasteiger partial charge in [0.25, 0.3) is 0 Å². The Bertz CT molecular complexity index is 127. The zero-order valence-corrected chi connectivity index (χ0v) is 8.25. The predicted octanol–water partition coefficient (Wildman–Crippen LogP) is 3.98. The molecule has 0 N–H and O–H groups in total. The van der Waals surface area contributed by atoms with Gasteiger partial charge in [-0.05, 0) is 24.7 Å². The van der Waals surface area contributed by atoms with Crippen LogP contribution in [0, 0.1) is 0 Å². The van der Waals surface area contributed by atoms with E-state index in [4.69, 9.17) is 0 Å². The second-order valence-corrected chi connectivity index (χ2v) is 4.18. The molecule has 0 nitrogen and oxygen atoms in total. The average Bonchev–Trinajstić information content (AvgIpc) is 2.50. The van der Waals surface area contributed by atoms with Crippen LogP contribution in [-0.4, -0.2) is 5.75 Å². The maximum atomic E-state index is 2.37. The van der Waals surface area contributed by atoms with E-state index in [-0.39, 0.29) is 0 Å². The highest BCUT2D eigenvalue weighted by Crippen LogP contribution is 2.25. The third-order valence-electron chi connectivity index (χ3n) is 2.14. The normalized spacial score (nSPS) is 17.0. The summed E-state index contributed by atoms with van der Waals surface area (Å²) >= 11 is 1.98. The Morgan fingerprint density at radius 3 is 2.91 bits per heavy atom. The van der Waals surface area contributed by atoms with Gasteiger partial charge in [0.2, 0.25) is 0 Å². The third kappa shape index (κ3) is 3.85. The summed E-state index contributed by atoms with van der Waals surface area (Å²) in [6, 6.07) is 0. The fourth-order valence-electron chi connectivity index (χ4n) is 1.39. The lowest BCUT2D eigenvalue weighted by molar-refractivity contribution is 0.660. The highest BCUT2D eigenvalue weighted by molar-refractivity contribution is 8.02. The molecule has 0 saturated carbocycles. The summed E-state index contributed by atoms with van der Waals surface area (Å²) in [6.07, 6.45) is 8.34. The number of thioether (sulfide) groups is 1. The molecular formula is C10H18S. The molecule has 1 heterocycles. The topological polar surface area (TPSA) is 0 Å². The smallest absolute Gasteiger partial charge is 0.00116 e. The minimum atomic E-state index is 1.34. The van der Waals surface area contributed by atoms with E-state index in [9.17, 15) is 0 Å². The van der Waals surface area contributed by atoms with E-state index in [0.29, 0.717) is 0 Å². The second kappa shape index (κ2) is 5.70. The van der Waals surface area contributed by atoms with Crippen LogP contribution in [0.5, 0.6) is 0 Å². The van der Waals surface area contributed by atoms with E-state index in [2.05, 4.69) is 12.3 Å². The molecule has 0 aromatic carbocycles. The van der Waals surface area contributed by atoms with Gasteiger partial charge in [0.15, 0.2) is 0 Å². The quantitative estimate of drug-likeness (QED) is 0.562. The highest BCUT2D eigenvalue weighted by atomic mass is 32.2. The Balaban J connectivity index is 1.94. The van der Waals surface area contributed by atoms with Crippen LogP contribution in [0.4, 0.5) is 0 Å². The van der Waals surface area contributed by atoms with Gasteiger partial charge in [0.1, 0.15) is 0 Å². The predicted molar refractivity (Wildman–Crippen MR) is 53.9 cm³/mol. The standard InChI is InChI=1S/C10H18S/c1-2-3-4-5-6-10-7-8-11-9-10/h9H,2-8H2,1H3. The first-order valence-electron chi connectivity index (χ1n) is 4.73. The molecular weight excluding hydrogens is 152 g/mol. The molecule has 1 aliphatic heterocycles. The van der Waals surface area contributed by atoms with Gasteiger partial charge in [0.05, 0.1) is 0 Å². The maximum absolute atomic E-state index is 2.37. The Labute approximate surface area is 74.5 Å². The van der Waals surface area contributed by atoms with E-state index in [0.717, 1.165) is 0 Å². The molecule has 0 saturated heterocycles. The van der Waals surface area contributed by atoms with Crippen LogP contribution in [0.1, 0.15) is 45.4 Å². The summed E-state index contributed by atoms with van der Waals surface area (Å²) in [5, 5.41) is 2.37. The van der Waals surface area contributed by atoms with Crippen LogP contribution >= 0.6 is 11.8 Å². The molecule has 0 aliphatic carbocycles. The van der Waals surface area contributed by atoms with Crippen LogP contribution in [0.15, 0.2) is 11.0 Å². The van der Waals surface area contributed by atoms with Crippen LogP contribution in [0.2, 0.25) is 0 Å². The molecule has 11 heavy (non-hydrogen) atoms. The summed E-state index contributed by atoms with van der Waals surface area (Å²) in [5.74, 6) is 1.34. The number of hydrogen-bond acceptors (Lipinski definition) is 1. The van der Waals surface area contributed by atoms with Gasteiger partial charge in [-0.1, -0.05) is 31.8 Å². The molecule has 0 radical (unpaired) electrons. The largest absolute Gasteiger partial charge is 0.134 e. The monoisotopic (exact) mass is 170 g/mol. The SMILES string of the molecule is CCCCCCC1=CSCC1. The van der Waals surface area contributed by atoms with Crippen molar-refractivity contribution in [1.82, 2.24) is 0 Å². The van der Waals surface area contributed by atoms with E-state index >= 15 is 0 Å². The zero-order valence-electron chi connectivity index (χ0n) is 7.44. The molecule has 0 amide bonds. The van der Waals surface area contributed by atoms with Crippen molar-refractivity contribution >= 4 is 11.8 Å². The lowest BCUT2D eigenvalue weighted by Gasteiger charge is -1.99. The Morgan fingerprint density at radius 2 is 2.27 bits per heavy atom. The third-order valence-corrected chi connectivity index (χ3v) is 3.08. The summed E-state index contributed by atoms with van der Waals surface area (Å²) < 4.78 is 0. The van der Waals surface area contributed by atoms with Crippen LogP contribution in [-0.2, 0) is 0 Å². The molecule has 64 valence electrons. The highest BCUT2D eigenvalue weighted by Gasteiger charge is 2.03. The minimum Gasteiger partial charge on any atom is -0.134 e. The van der Waals surface area contributed by atoms with Crippen molar-refractivity contribution in [3.63, 3.8) is 0 Å². The number of rotatable bonds is 5. The summed E-state index contributed by atoms with van der Waals surface area (Å²) in [7, 11) is 0.